The minimum absolute atomic E-state index is 0.302. The summed E-state index contributed by atoms with van der Waals surface area (Å²) in [7, 11) is -2.87. The van der Waals surface area contributed by atoms with Gasteiger partial charge in [0, 0.05) is 17.5 Å². The van der Waals surface area contributed by atoms with Crippen LogP contribution in [0.3, 0.4) is 0 Å². The van der Waals surface area contributed by atoms with Gasteiger partial charge in [-0.05, 0) is 18.4 Å². The molecule has 1 heterocycles. The number of nitrogens with two attached hydrogens (primary N) is 1. The van der Waals surface area contributed by atoms with Gasteiger partial charge in [0.1, 0.15) is 18.2 Å². The molecule has 21 heavy (non-hydrogen) atoms. The Bertz CT molecular complexity index is 367. The van der Waals surface area contributed by atoms with Crippen LogP contribution in [0, 0.1) is 0 Å². The van der Waals surface area contributed by atoms with E-state index in [0.717, 1.165) is 5.75 Å². The molecule has 1 aliphatic heterocycles. The number of aliphatic carboxylic acids is 1. The van der Waals surface area contributed by atoms with E-state index in [1.807, 2.05) is 6.26 Å². The monoisotopic (exact) mass is 343 g/mol. The van der Waals surface area contributed by atoms with E-state index in [9.17, 15) is 9.59 Å². The SMILES string of the molecule is CSCCC(N)C(=O)O[C@H]1CN[C@H](C(=O)O)C1.O=[P+](O)O. The van der Waals surface area contributed by atoms with E-state index < -0.39 is 32.3 Å². The van der Waals surface area contributed by atoms with E-state index in [4.69, 9.17) is 29.9 Å². The second-order valence-electron chi connectivity index (χ2n) is 4.23. The lowest BCUT2D eigenvalue weighted by Crippen LogP contribution is -2.36. The summed E-state index contributed by atoms with van der Waals surface area (Å²) in [5, 5.41) is 11.5. The van der Waals surface area contributed by atoms with Gasteiger partial charge in [0.05, 0.1) is 0 Å². The maximum atomic E-state index is 11.5. The third kappa shape index (κ3) is 9.72. The van der Waals surface area contributed by atoms with Crippen molar-refractivity contribution in [3.63, 3.8) is 0 Å². The number of esters is 1. The second-order valence-corrected chi connectivity index (χ2v) is 5.73. The first-order valence-corrected chi connectivity index (χ1v) is 8.60. The predicted octanol–water partition coefficient (Wildman–Crippen LogP) is -0.946. The number of hydrogen-bond donors (Lipinski definition) is 5. The highest BCUT2D eigenvalue weighted by atomic mass is 32.2. The van der Waals surface area contributed by atoms with Gasteiger partial charge < -0.3 is 20.9 Å². The van der Waals surface area contributed by atoms with Crippen LogP contribution >= 0.6 is 20.0 Å². The van der Waals surface area contributed by atoms with Gasteiger partial charge in [-0.3, -0.25) is 9.59 Å². The fourth-order valence-electron chi connectivity index (χ4n) is 1.60. The third-order valence-corrected chi connectivity index (χ3v) is 3.25. The molecule has 1 saturated heterocycles. The van der Waals surface area contributed by atoms with Crippen molar-refractivity contribution in [2.45, 2.75) is 31.0 Å². The lowest BCUT2D eigenvalue weighted by Gasteiger charge is -2.15. The fraction of sp³-hybridized carbons (Fsp3) is 0.800. The molecule has 0 amide bonds. The summed E-state index contributed by atoms with van der Waals surface area (Å²) < 4.78 is 13.9. The fourth-order valence-corrected chi connectivity index (χ4v) is 2.09. The molecule has 0 bridgehead atoms. The standard InChI is InChI=1S/C10H18N2O4S.HO3P/c1-17-3-2-7(11)10(15)16-6-4-8(9(13)14)12-5-6;1-4(2)3/h6-8,12H,2-5,11H2,1H3,(H,13,14);(H-,1,2,3)/p+1/t6-,7?,8+;/m1./s1. The van der Waals surface area contributed by atoms with Crippen molar-refractivity contribution in [2.24, 2.45) is 5.73 Å². The van der Waals surface area contributed by atoms with Gasteiger partial charge in [-0.15, -0.1) is 9.79 Å². The van der Waals surface area contributed by atoms with Crippen LogP contribution in [0.2, 0.25) is 0 Å². The number of rotatable bonds is 6. The molecular formula is C10H20N2O7PS+. The first kappa shape index (κ1) is 20.2. The highest BCUT2D eigenvalue weighted by Gasteiger charge is 2.32. The zero-order valence-electron chi connectivity index (χ0n) is 11.5. The van der Waals surface area contributed by atoms with Gasteiger partial charge in [0.15, 0.2) is 0 Å². The van der Waals surface area contributed by atoms with Crippen LogP contribution in [0.25, 0.3) is 0 Å². The molecule has 1 rings (SSSR count). The molecule has 11 heteroatoms. The van der Waals surface area contributed by atoms with Crippen LogP contribution in [-0.4, -0.2) is 63.6 Å². The lowest BCUT2D eigenvalue weighted by atomic mass is 10.2. The Labute approximate surface area is 127 Å². The van der Waals surface area contributed by atoms with Gasteiger partial charge in [0.2, 0.25) is 0 Å². The van der Waals surface area contributed by atoms with Crippen molar-refractivity contribution in [1.29, 1.82) is 0 Å². The normalized spacial score (nSPS) is 21.9. The number of nitrogens with one attached hydrogen (secondary N) is 1. The maximum Gasteiger partial charge on any atom is 0.692 e. The lowest BCUT2D eigenvalue weighted by molar-refractivity contribution is -0.150. The van der Waals surface area contributed by atoms with Crippen molar-refractivity contribution in [3.05, 3.63) is 0 Å². The second kappa shape index (κ2) is 10.9. The number of carboxylic acid groups (broad SMARTS) is 1. The molecule has 0 radical (unpaired) electrons. The largest absolute Gasteiger partial charge is 0.692 e. The Morgan fingerprint density at radius 3 is 2.52 bits per heavy atom. The highest BCUT2D eigenvalue weighted by Crippen LogP contribution is 2.12. The number of thioether (sulfide) groups is 1. The topological polar surface area (TPSA) is 159 Å². The van der Waals surface area contributed by atoms with Crippen LogP contribution in [0.4, 0.5) is 0 Å². The molecule has 1 fully saturated rings. The zero-order valence-corrected chi connectivity index (χ0v) is 13.2. The number of ether oxygens (including phenoxy) is 1. The maximum absolute atomic E-state index is 11.5. The first-order valence-electron chi connectivity index (χ1n) is 6.04. The summed E-state index contributed by atoms with van der Waals surface area (Å²) in [4.78, 5) is 36.5. The van der Waals surface area contributed by atoms with Gasteiger partial charge in [0.25, 0.3) is 0 Å². The number of carbonyl (C=O) groups is 2. The van der Waals surface area contributed by atoms with Crippen molar-refractivity contribution >= 4 is 32.0 Å². The molecule has 0 saturated carbocycles. The Morgan fingerprint density at radius 2 is 2.10 bits per heavy atom. The Balaban J connectivity index is 0.000000885. The van der Waals surface area contributed by atoms with Gasteiger partial charge in [-0.2, -0.15) is 11.8 Å². The van der Waals surface area contributed by atoms with Crippen LogP contribution < -0.4 is 11.1 Å². The average Bonchev–Trinajstić information content (AvgIpc) is 2.83. The van der Waals surface area contributed by atoms with E-state index in [2.05, 4.69) is 5.32 Å². The van der Waals surface area contributed by atoms with E-state index in [-0.39, 0.29) is 6.10 Å². The Hall–Kier alpha value is -0.770. The van der Waals surface area contributed by atoms with E-state index in [0.29, 0.717) is 19.4 Å². The average molecular weight is 343 g/mol. The summed E-state index contributed by atoms with van der Waals surface area (Å²) in [6.07, 6.45) is 2.43. The minimum atomic E-state index is -2.87. The molecule has 0 aromatic rings. The molecule has 9 nitrogen and oxygen atoms in total. The number of carbonyl (C=O) groups excluding carboxylic acids is 1. The van der Waals surface area contributed by atoms with Crippen LogP contribution in [0.15, 0.2) is 0 Å². The minimum Gasteiger partial charge on any atom is -0.480 e. The number of hydrogen-bond acceptors (Lipinski definition) is 7. The Kier molecular flexibility index (Phi) is 10.5. The highest BCUT2D eigenvalue weighted by molar-refractivity contribution is 7.98. The molecule has 6 N–H and O–H groups in total. The molecule has 0 aromatic carbocycles. The van der Waals surface area contributed by atoms with Crippen molar-refractivity contribution in [1.82, 2.24) is 5.32 Å². The van der Waals surface area contributed by atoms with Gasteiger partial charge in [-0.1, -0.05) is 0 Å². The molecule has 1 aliphatic rings. The van der Waals surface area contributed by atoms with E-state index in [1.165, 1.54) is 0 Å². The molecule has 1 unspecified atom stereocenters. The summed E-state index contributed by atoms with van der Waals surface area (Å²) >= 11 is 1.62. The van der Waals surface area contributed by atoms with Crippen LogP contribution in [0.1, 0.15) is 12.8 Å². The third-order valence-electron chi connectivity index (χ3n) is 2.61. The van der Waals surface area contributed by atoms with Gasteiger partial charge >= 0.3 is 20.2 Å². The molecular weight excluding hydrogens is 323 g/mol. The summed E-state index contributed by atoms with van der Waals surface area (Å²) in [5.74, 6) is -0.566. The Morgan fingerprint density at radius 1 is 1.52 bits per heavy atom. The van der Waals surface area contributed by atoms with Gasteiger partial charge in [-0.25, -0.2) is 0 Å². The van der Waals surface area contributed by atoms with E-state index in [1.54, 1.807) is 11.8 Å². The molecule has 0 aliphatic carbocycles. The van der Waals surface area contributed by atoms with Crippen LogP contribution in [-0.2, 0) is 18.9 Å². The summed E-state index contributed by atoms with van der Waals surface area (Å²) in [6, 6.07) is -1.25. The quantitative estimate of drug-likeness (QED) is 0.301. The summed E-state index contributed by atoms with van der Waals surface area (Å²) in [5.41, 5.74) is 5.65. The molecule has 0 spiro atoms. The van der Waals surface area contributed by atoms with Crippen molar-refractivity contribution < 1.29 is 33.8 Å². The molecule has 3 atom stereocenters. The predicted molar refractivity (Wildman–Crippen MR) is 76.9 cm³/mol. The van der Waals surface area contributed by atoms with Crippen LogP contribution in [0.5, 0.6) is 0 Å². The van der Waals surface area contributed by atoms with Crippen molar-refractivity contribution in [2.75, 3.05) is 18.6 Å². The summed E-state index contributed by atoms with van der Waals surface area (Å²) in [6.45, 7) is 0.373. The smallest absolute Gasteiger partial charge is 0.480 e. The van der Waals surface area contributed by atoms with E-state index >= 15 is 0 Å². The van der Waals surface area contributed by atoms with Crippen molar-refractivity contribution in [3.8, 4) is 0 Å². The zero-order chi connectivity index (χ0) is 16.4. The molecule has 0 aromatic heterocycles. The number of carboxylic acids is 1. The molecule has 122 valence electrons. The first-order chi connectivity index (χ1) is 9.77.